The number of nitrogens with zero attached hydrogens (tertiary/aromatic N) is 4. The number of nitrogens with one attached hydrogen (secondary N) is 2. The van der Waals surface area contributed by atoms with E-state index in [4.69, 9.17) is 17.3 Å². The van der Waals surface area contributed by atoms with E-state index in [1.165, 1.54) is 24.5 Å². The van der Waals surface area contributed by atoms with Crippen molar-refractivity contribution in [3.8, 4) is 11.1 Å². The molecule has 138 valence electrons. The van der Waals surface area contributed by atoms with Gasteiger partial charge < -0.3 is 16.4 Å². The predicted molar refractivity (Wildman–Crippen MR) is 100 cm³/mol. The van der Waals surface area contributed by atoms with Gasteiger partial charge in [0.25, 0.3) is 0 Å². The molecule has 0 spiro atoms. The van der Waals surface area contributed by atoms with Crippen LogP contribution in [0.25, 0.3) is 11.1 Å². The van der Waals surface area contributed by atoms with Crippen LogP contribution in [-0.2, 0) is 4.79 Å². The van der Waals surface area contributed by atoms with E-state index in [0.717, 1.165) is 0 Å². The lowest BCUT2D eigenvalue weighted by Gasteiger charge is -2.12. The highest BCUT2D eigenvalue weighted by atomic mass is 35.5. The molecule has 8 nitrogen and oxygen atoms in total. The highest BCUT2D eigenvalue weighted by Gasteiger charge is 2.11. The van der Waals surface area contributed by atoms with E-state index in [2.05, 4.69) is 30.6 Å². The van der Waals surface area contributed by atoms with Gasteiger partial charge in [0.2, 0.25) is 11.9 Å². The Hall–Kier alpha value is -3.33. The minimum Gasteiger partial charge on any atom is -0.370 e. The first kappa shape index (κ1) is 18.5. The van der Waals surface area contributed by atoms with Crippen molar-refractivity contribution in [1.82, 2.24) is 19.9 Å². The highest BCUT2D eigenvalue weighted by Crippen LogP contribution is 2.27. The van der Waals surface area contributed by atoms with Gasteiger partial charge in [-0.25, -0.2) is 19.3 Å². The van der Waals surface area contributed by atoms with Crippen LogP contribution in [-0.4, -0.2) is 32.4 Å². The Bertz CT molecular complexity index is 955. The Kier molecular flexibility index (Phi) is 5.72. The van der Waals surface area contributed by atoms with Gasteiger partial charge in [0.15, 0.2) is 0 Å². The second-order valence-corrected chi connectivity index (χ2v) is 5.89. The van der Waals surface area contributed by atoms with Crippen LogP contribution in [0.5, 0.6) is 0 Å². The number of hydrogen-bond donors (Lipinski definition) is 3. The van der Waals surface area contributed by atoms with Crippen molar-refractivity contribution in [3.05, 3.63) is 54.0 Å². The summed E-state index contributed by atoms with van der Waals surface area (Å²) in [6, 6.07) is 4.19. The Morgan fingerprint density at radius 3 is 2.70 bits per heavy atom. The van der Waals surface area contributed by atoms with Gasteiger partial charge in [-0.3, -0.25) is 4.79 Å². The molecular weight excluding hydrogens is 373 g/mol. The molecule has 0 aliphatic carbocycles. The van der Waals surface area contributed by atoms with E-state index in [1.54, 1.807) is 18.6 Å². The summed E-state index contributed by atoms with van der Waals surface area (Å²) in [4.78, 5) is 27.6. The number of nitrogens with two attached hydrogens (primary N) is 1. The average Bonchev–Trinajstić information content (AvgIpc) is 2.65. The van der Waals surface area contributed by atoms with Crippen molar-refractivity contribution in [2.45, 2.75) is 6.42 Å². The van der Waals surface area contributed by atoms with E-state index in [9.17, 15) is 9.18 Å². The molecule has 1 amide bonds. The molecule has 0 aliphatic heterocycles. The molecule has 2 aromatic heterocycles. The van der Waals surface area contributed by atoms with Gasteiger partial charge in [-0.1, -0.05) is 11.6 Å². The Balaban J connectivity index is 1.89. The fraction of sp³-hybridized carbons (Fsp3) is 0.118. The van der Waals surface area contributed by atoms with Gasteiger partial charge in [0, 0.05) is 48.4 Å². The van der Waals surface area contributed by atoms with Crippen LogP contribution in [0.2, 0.25) is 5.02 Å². The highest BCUT2D eigenvalue weighted by molar-refractivity contribution is 6.31. The molecule has 0 radical (unpaired) electrons. The van der Waals surface area contributed by atoms with Crippen molar-refractivity contribution in [3.63, 3.8) is 0 Å². The third kappa shape index (κ3) is 4.85. The van der Waals surface area contributed by atoms with Crippen LogP contribution in [0, 0.1) is 5.82 Å². The molecule has 2 heterocycles. The maximum absolute atomic E-state index is 13.3. The molecule has 27 heavy (non-hydrogen) atoms. The third-order valence-corrected chi connectivity index (χ3v) is 3.79. The van der Waals surface area contributed by atoms with Gasteiger partial charge in [-0.05, 0) is 18.2 Å². The monoisotopic (exact) mass is 387 g/mol. The second-order valence-electron chi connectivity index (χ2n) is 5.48. The Morgan fingerprint density at radius 2 is 2.00 bits per heavy atom. The SMILES string of the molecule is NC(=O)CCNc1nc(Nc2ccc(F)c(Cl)c2)ncc1-c1cncnc1. The van der Waals surface area contributed by atoms with E-state index >= 15 is 0 Å². The smallest absolute Gasteiger partial charge is 0.229 e. The minimum atomic E-state index is -0.517. The number of anilines is 3. The summed E-state index contributed by atoms with van der Waals surface area (Å²) in [5.74, 6) is -0.214. The Labute approximate surface area is 159 Å². The van der Waals surface area contributed by atoms with E-state index in [1.807, 2.05) is 0 Å². The number of carbonyl (C=O) groups is 1. The maximum Gasteiger partial charge on any atom is 0.229 e. The summed E-state index contributed by atoms with van der Waals surface area (Å²) in [5, 5.41) is 5.99. The number of amides is 1. The van der Waals surface area contributed by atoms with E-state index in [0.29, 0.717) is 29.2 Å². The summed E-state index contributed by atoms with van der Waals surface area (Å²) >= 11 is 5.79. The topological polar surface area (TPSA) is 119 Å². The van der Waals surface area contributed by atoms with Crippen molar-refractivity contribution in [2.75, 3.05) is 17.2 Å². The zero-order valence-electron chi connectivity index (χ0n) is 14.0. The number of hydrogen-bond acceptors (Lipinski definition) is 7. The van der Waals surface area contributed by atoms with Crippen LogP contribution in [0.4, 0.5) is 21.8 Å². The van der Waals surface area contributed by atoms with Crippen LogP contribution >= 0.6 is 11.6 Å². The first-order chi connectivity index (χ1) is 13.0. The summed E-state index contributed by atoms with van der Waals surface area (Å²) in [6.07, 6.45) is 6.39. The van der Waals surface area contributed by atoms with E-state index in [-0.39, 0.29) is 17.4 Å². The number of halogens is 2. The molecule has 0 saturated carbocycles. The summed E-state index contributed by atoms with van der Waals surface area (Å²) in [7, 11) is 0. The molecular formula is C17H15ClFN7O. The zero-order valence-corrected chi connectivity index (χ0v) is 14.7. The number of primary amides is 1. The molecule has 10 heteroatoms. The summed E-state index contributed by atoms with van der Waals surface area (Å²) in [5.41, 5.74) is 7.06. The first-order valence-corrected chi connectivity index (χ1v) is 8.27. The lowest BCUT2D eigenvalue weighted by molar-refractivity contribution is -0.117. The van der Waals surface area contributed by atoms with Crippen molar-refractivity contribution < 1.29 is 9.18 Å². The zero-order chi connectivity index (χ0) is 19.2. The number of rotatable bonds is 7. The van der Waals surface area contributed by atoms with Crippen LogP contribution < -0.4 is 16.4 Å². The molecule has 4 N–H and O–H groups in total. The fourth-order valence-corrected chi connectivity index (χ4v) is 2.41. The van der Waals surface area contributed by atoms with Crippen molar-refractivity contribution in [2.24, 2.45) is 5.73 Å². The predicted octanol–water partition coefficient (Wildman–Crippen LogP) is 2.76. The molecule has 0 fully saturated rings. The van der Waals surface area contributed by atoms with Gasteiger partial charge in [0.05, 0.1) is 5.02 Å². The number of aromatic nitrogens is 4. The van der Waals surface area contributed by atoms with E-state index < -0.39 is 11.7 Å². The van der Waals surface area contributed by atoms with Gasteiger partial charge >= 0.3 is 0 Å². The molecule has 0 bridgehead atoms. The molecule has 0 aliphatic rings. The number of benzene rings is 1. The van der Waals surface area contributed by atoms with Crippen LogP contribution in [0.1, 0.15) is 6.42 Å². The van der Waals surface area contributed by atoms with Gasteiger partial charge in [-0.15, -0.1) is 0 Å². The maximum atomic E-state index is 13.3. The standard InChI is InChI=1S/C17H15ClFN7O/c18-13-5-11(1-2-14(13)19)25-17-24-8-12(10-6-21-9-22-7-10)16(26-17)23-4-3-15(20)27/h1-2,5-9H,3-4H2,(H2,20,27)(H2,23,24,25,26). The lowest BCUT2D eigenvalue weighted by atomic mass is 10.1. The van der Waals surface area contributed by atoms with Crippen LogP contribution in [0.15, 0.2) is 43.1 Å². The quantitative estimate of drug-likeness (QED) is 0.570. The molecule has 0 saturated heterocycles. The molecule has 0 atom stereocenters. The molecule has 0 unspecified atom stereocenters. The van der Waals surface area contributed by atoms with Crippen molar-refractivity contribution >= 4 is 35.0 Å². The van der Waals surface area contributed by atoms with Crippen molar-refractivity contribution in [1.29, 1.82) is 0 Å². The molecule has 3 rings (SSSR count). The number of carbonyl (C=O) groups excluding carboxylic acids is 1. The first-order valence-electron chi connectivity index (χ1n) is 7.89. The van der Waals surface area contributed by atoms with Gasteiger partial charge in [0.1, 0.15) is 18.0 Å². The molecule has 1 aromatic carbocycles. The van der Waals surface area contributed by atoms with Gasteiger partial charge in [-0.2, -0.15) is 4.98 Å². The normalized spacial score (nSPS) is 10.4. The summed E-state index contributed by atoms with van der Waals surface area (Å²) in [6.45, 7) is 0.300. The largest absolute Gasteiger partial charge is 0.370 e. The fourth-order valence-electron chi connectivity index (χ4n) is 2.23. The minimum absolute atomic E-state index is 0.0159. The third-order valence-electron chi connectivity index (χ3n) is 3.50. The van der Waals surface area contributed by atoms with Crippen LogP contribution in [0.3, 0.4) is 0 Å². The summed E-state index contributed by atoms with van der Waals surface area (Å²) < 4.78 is 13.3. The lowest BCUT2D eigenvalue weighted by Crippen LogP contribution is -2.17. The molecule has 3 aromatic rings. The average molecular weight is 388 g/mol. The Morgan fingerprint density at radius 1 is 1.22 bits per heavy atom. The second kappa shape index (κ2) is 8.37.